The minimum atomic E-state index is 0.245. The van der Waals surface area contributed by atoms with Crippen LogP contribution in [0.4, 0.5) is 5.82 Å². The molecular formula is C23H25BClN5O. The highest BCUT2D eigenvalue weighted by molar-refractivity contribution is 6.36. The van der Waals surface area contributed by atoms with Crippen molar-refractivity contribution in [2.45, 2.75) is 44.6 Å². The number of fused-ring (bicyclic) bond motifs is 1. The molecule has 0 unspecified atom stereocenters. The smallest absolute Gasteiger partial charge is 0.225 e. The van der Waals surface area contributed by atoms with Crippen molar-refractivity contribution in [3.63, 3.8) is 0 Å². The van der Waals surface area contributed by atoms with E-state index in [-0.39, 0.29) is 12.0 Å². The molecule has 2 aromatic heterocycles. The van der Waals surface area contributed by atoms with Crippen molar-refractivity contribution in [1.29, 1.82) is 0 Å². The lowest BCUT2D eigenvalue weighted by atomic mass is 10.00. The summed E-state index contributed by atoms with van der Waals surface area (Å²) in [5.41, 5.74) is 2.73. The maximum absolute atomic E-state index is 12.7. The Hall–Kier alpha value is -2.54. The molecule has 2 aliphatic rings. The summed E-state index contributed by atoms with van der Waals surface area (Å²) >= 11 is 6.42. The molecule has 1 amide bonds. The molecule has 0 atom stereocenters. The van der Waals surface area contributed by atoms with E-state index in [0.29, 0.717) is 22.0 Å². The first kappa shape index (κ1) is 20.4. The topological polar surface area (TPSA) is 62.5 Å². The highest BCUT2D eigenvalue weighted by atomic mass is 35.5. The van der Waals surface area contributed by atoms with Crippen molar-refractivity contribution in [2.24, 2.45) is 5.92 Å². The van der Waals surface area contributed by atoms with Gasteiger partial charge in [0.2, 0.25) is 5.91 Å². The fourth-order valence-electron chi connectivity index (χ4n) is 4.77. The fraction of sp³-hybridized carbons (Fsp3) is 0.435. The van der Waals surface area contributed by atoms with Crippen molar-refractivity contribution in [1.82, 2.24) is 19.5 Å². The number of hydrogen-bond donors (Lipinski definition) is 1. The third kappa shape index (κ3) is 4.03. The zero-order chi connectivity index (χ0) is 21.4. The number of halogens is 1. The van der Waals surface area contributed by atoms with E-state index in [0.717, 1.165) is 55.8 Å². The lowest BCUT2D eigenvalue weighted by Gasteiger charge is -2.34. The van der Waals surface area contributed by atoms with Gasteiger partial charge in [-0.2, -0.15) is 9.61 Å². The molecule has 0 spiro atoms. The average Bonchev–Trinajstić information content (AvgIpc) is 3.45. The summed E-state index contributed by atoms with van der Waals surface area (Å²) < 4.78 is 1.74. The van der Waals surface area contributed by atoms with Gasteiger partial charge in [0.1, 0.15) is 13.7 Å². The molecule has 0 bridgehead atoms. The number of likely N-dealkylation sites (tertiary alicyclic amines) is 1. The molecule has 1 saturated heterocycles. The van der Waals surface area contributed by atoms with E-state index in [9.17, 15) is 4.79 Å². The van der Waals surface area contributed by atoms with Crippen LogP contribution in [0.15, 0.2) is 36.5 Å². The lowest BCUT2D eigenvalue weighted by Crippen LogP contribution is -2.44. The predicted octanol–water partition coefficient (Wildman–Crippen LogP) is 3.44. The number of rotatable bonds is 4. The Morgan fingerprint density at radius 3 is 2.61 bits per heavy atom. The van der Waals surface area contributed by atoms with E-state index < -0.39 is 0 Å². The number of aromatic nitrogens is 3. The lowest BCUT2D eigenvalue weighted by molar-refractivity contribution is -0.136. The summed E-state index contributed by atoms with van der Waals surface area (Å²) in [6, 6.07) is 9.87. The van der Waals surface area contributed by atoms with Crippen LogP contribution in [0.2, 0.25) is 5.02 Å². The molecule has 3 heterocycles. The molecule has 158 valence electrons. The van der Waals surface area contributed by atoms with Gasteiger partial charge < -0.3 is 10.2 Å². The molecule has 1 aromatic carbocycles. The first-order valence-electron chi connectivity index (χ1n) is 11.0. The van der Waals surface area contributed by atoms with Gasteiger partial charge in [0.15, 0.2) is 5.65 Å². The molecule has 31 heavy (non-hydrogen) atoms. The number of hydrogen-bond acceptors (Lipinski definition) is 4. The monoisotopic (exact) mass is 433 g/mol. The van der Waals surface area contributed by atoms with Gasteiger partial charge in [-0.25, -0.2) is 4.98 Å². The molecule has 3 aromatic rings. The van der Waals surface area contributed by atoms with Gasteiger partial charge >= 0.3 is 0 Å². The molecule has 2 radical (unpaired) electrons. The van der Waals surface area contributed by atoms with Crippen LogP contribution in [0.25, 0.3) is 16.9 Å². The van der Waals surface area contributed by atoms with Crippen molar-refractivity contribution >= 4 is 42.3 Å². The van der Waals surface area contributed by atoms with Crippen LogP contribution in [-0.2, 0) is 4.79 Å². The first-order valence-corrected chi connectivity index (χ1v) is 11.4. The first-order chi connectivity index (χ1) is 15.1. The molecule has 1 aliphatic heterocycles. The Morgan fingerprint density at radius 1 is 1.13 bits per heavy atom. The Morgan fingerprint density at radius 2 is 1.87 bits per heavy atom. The Labute approximate surface area is 188 Å². The Kier molecular flexibility index (Phi) is 5.61. The van der Waals surface area contributed by atoms with Crippen molar-refractivity contribution in [3.8, 4) is 11.3 Å². The van der Waals surface area contributed by atoms with Crippen molar-refractivity contribution < 1.29 is 4.79 Å². The number of nitrogens with one attached hydrogen (secondary N) is 1. The zero-order valence-corrected chi connectivity index (χ0v) is 18.2. The standard InChI is InChI=1S/C23H25BClN5O/c24-18-14-26-30-21(13-20(28-22(18)30)17-7-3-4-8-19(17)25)27-16-9-11-29(12-10-16)23(31)15-5-1-2-6-15/h3-4,7-8,13-16,27H,1-2,5-6,9-12H2. The van der Waals surface area contributed by atoms with Crippen LogP contribution >= 0.6 is 11.6 Å². The number of anilines is 1. The molecule has 1 aliphatic carbocycles. The molecule has 8 heteroatoms. The second-order valence-corrected chi connectivity index (χ2v) is 8.97. The van der Waals surface area contributed by atoms with Gasteiger partial charge in [0.05, 0.1) is 5.69 Å². The number of carbonyl (C=O) groups excluding carboxylic acids is 1. The zero-order valence-electron chi connectivity index (χ0n) is 17.4. The highest BCUT2D eigenvalue weighted by Gasteiger charge is 2.30. The molecule has 1 saturated carbocycles. The number of carbonyl (C=O) groups is 1. The second-order valence-electron chi connectivity index (χ2n) is 8.57. The summed E-state index contributed by atoms with van der Waals surface area (Å²) in [5.74, 6) is 1.43. The number of nitrogens with zero attached hydrogens (tertiary/aromatic N) is 4. The second kappa shape index (κ2) is 8.54. The van der Waals surface area contributed by atoms with Crippen LogP contribution < -0.4 is 10.8 Å². The van der Waals surface area contributed by atoms with Gasteiger partial charge in [-0.3, -0.25) is 4.79 Å². The maximum Gasteiger partial charge on any atom is 0.225 e. The summed E-state index contributed by atoms with van der Waals surface area (Å²) in [6.45, 7) is 1.58. The van der Waals surface area contributed by atoms with Crippen LogP contribution in [-0.4, -0.2) is 52.4 Å². The van der Waals surface area contributed by atoms with Crippen LogP contribution in [0.3, 0.4) is 0 Å². The van der Waals surface area contributed by atoms with E-state index in [2.05, 4.69) is 15.3 Å². The van der Waals surface area contributed by atoms with Gasteiger partial charge in [-0.1, -0.05) is 42.6 Å². The number of benzene rings is 1. The van der Waals surface area contributed by atoms with Crippen molar-refractivity contribution in [2.75, 3.05) is 18.4 Å². The molecular weight excluding hydrogens is 409 g/mol. The predicted molar refractivity (Wildman–Crippen MR) is 124 cm³/mol. The Balaban J connectivity index is 1.36. The minimum Gasteiger partial charge on any atom is -0.367 e. The summed E-state index contributed by atoms with van der Waals surface area (Å²) in [4.78, 5) is 19.5. The fourth-order valence-corrected chi connectivity index (χ4v) is 5.01. The van der Waals surface area contributed by atoms with Crippen molar-refractivity contribution in [3.05, 3.63) is 41.6 Å². The Bertz CT molecular complexity index is 1100. The minimum absolute atomic E-state index is 0.245. The van der Waals surface area contributed by atoms with Crippen LogP contribution in [0.5, 0.6) is 0 Å². The van der Waals surface area contributed by atoms with E-state index in [1.54, 1.807) is 10.7 Å². The number of amides is 1. The molecule has 5 rings (SSSR count). The average molecular weight is 434 g/mol. The maximum atomic E-state index is 12.7. The summed E-state index contributed by atoms with van der Waals surface area (Å²) in [6.07, 6.45) is 7.91. The van der Waals surface area contributed by atoms with E-state index >= 15 is 0 Å². The molecule has 2 fully saturated rings. The molecule has 6 nitrogen and oxygen atoms in total. The largest absolute Gasteiger partial charge is 0.367 e. The molecule has 1 N–H and O–H groups in total. The van der Waals surface area contributed by atoms with Gasteiger partial charge in [0.25, 0.3) is 0 Å². The van der Waals surface area contributed by atoms with E-state index in [1.165, 1.54) is 12.8 Å². The normalized spacial score (nSPS) is 18.0. The van der Waals surface area contributed by atoms with Gasteiger partial charge in [0, 0.05) is 47.9 Å². The van der Waals surface area contributed by atoms with Gasteiger partial charge in [-0.15, -0.1) is 0 Å². The highest BCUT2D eigenvalue weighted by Crippen LogP contribution is 2.30. The van der Waals surface area contributed by atoms with Crippen LogP contribution in [0.1, 0.15) is 38.5 Å². The summed E-state index contributed by atoms with van der Waals surface area (Å²) in [7, 11) is 6.12. The quantitative estimate of drug-likeness (QED) is 0.640. The SMILES string of the molecule is [B]c1cnn2c(NC3CCN(C(=O)C4CCCC4)CC3)cc(-c3ccccc3Cl)nc12. The third-order valence-corrected chi connectivity index (χ3v) is 6.84. The number of piperidine rings is 1. The van der Waals surface area contributed by atoms with Crippen LogP contribution in [0, 0.1) is 5.92 Å². The van der Waals surface area contributed by atoms with Gasteiger partial charge in [-0.05, 0) is 37.2 Å². The van der Waals surface area contributed by atoms with E-state index in [1.807, 2.05) is 30.3 Å². The third-order valence-electron chi connectivity index (χ3n) is 6.51. The van der Waals surface area contributed by atoms with E-state index in [4.69, 9.17) is 24.4 Å². The summed E-state index contributed by atoms with van der Waals surface area (Å²) in [5, 5.41) is 8.67.